The van der Waals surface area contributed by atoms with Crippen LogP contribution in [-0.4, -0.2) is 41.4 Å². The Bertz CT molecular complexity index is 670. The first-order valence-electron chi connectivity index (χ1n) is 8.38. The van der Waals surface area contributed by atoms with Gasteiger partial charge in [-0.1, -0.05) is 6.07 Å². The fourth-order valence-electron chi connectivity index (χ4n) is 4.12. The highest BCUT2D eigenvalue weighted by atomic mass is 16.1. The molecule has 1 atom stereocenters. The molecule has 116 valence electrons. The number of carbonyl (C=O) groups excluding carboxylic acids is 1. The van der Waals surface area contributed by atoms with Gasteiger partial charge in [0.15, 0.2) is 0 Å². The van der Waals surface area contributed by atoms with Gasteiger partial charge >= 0.3 is 0 Å². The summed E-state index contributed by atoms with van der Waals surface area (Å²) < 4.78 is 1.95. The molecule has 5 heterocycles. The lowest BCUT2D eigenvalue weighted by Gasteiger charge is -2.45. The molecule has 1 unspecified atom stereocenters. The van der Waals surface area contributed by atoms with Gasteiger partial charge in [-0.2, -0.15) is 0 Å². The number of fused-ring (bicyclic) bond motifs is 4. The Labute approximate surface area is 131 Å². The third-order valence-corrected chi connectivity index (χ3v) is 5.39. The molecule has 4 nitrogen and oxygen atoms in total. The molecule has 22 heavy (non-hydrogen) atoms. The van der Waals surface area contributed by atoms with Crippen LogP contribution in [0.1, 0.15) is 29.8 Å². The van der Waals surface area contributed by atoms with Gasteiger partial charge in [0.25, 0.3) is 5.91 Å². The highest BCUT2D eigenvalue weighted by Crippen LogP contribution is 2.33. The van der Waals surface area contributed by atoms with Crippen molar-refractivity contribution in [2.45, 2.75) is 19.3 Å². The fourth-order valence-corrected chi connectivity index (χ4v) is 4.12. The minimum Gasteiger partial charge on any atom is -0.351 e. The first kappa shape index (κ1) is 13.8. The molecule has 0 saturated carbocycles. The van der Waals surface area contributed by atoms with E-state index < -0.39 is 0 Å². The Morgan fingerprint density at radius 2 is 2.05 bits per heavy atom. The third kappa shape index (κ3) is 2.52. The monoisotopic (exact) mass is 297 g/mol. The number of carbonyl (C=O) groups is 1. The van der Waals surface area contributed by atoms with Gasteiger partial charge in [0.05, 0.1) is 0 Å². The summed E-state index contributed by atoms with van der Waals surface area (Å²) in [5.41, 5.74) is 1.79. The van der Waals surface area contributed by atoms with Gasteiger partial charge in [-0.05, 0) is 68.5 Å². The topological polar surface area (TPSA) is 36.8 Å². The minimum absolute atomic E-state index is 0.0347. The summed E-state index contributed by atoms with van der Waals surface area (Å²) in [6, 6.07) is 9.85. The summed E-state index contributed by atoms with van der Waals surface area (Å²) in [4.78, 5) is 15.0. The average Bonchev–Trinajstić information content (AvgIpc) is 3.00. The molecule has 0 aromatic carbocycles. The van der Waals surface area contributed by atoms with Gasteiger partial charge in [-0.3, -0.25) is 4.79 Å². The van der Waals surface area contributed by atoms with Crippen LogP contribution in [0.25, 0.3) is 5.52 Å². The molecule has 3 saturated heterocycles. The molecule has 3 fully saturated rings. The third-order valence-electron chi connectivity index (χ3n) is 5.39. The molecule has 4 heteroatoms. The zero-order chi connectivity index (χ0) is 14.9. The zero-order valence-electron chi connectivity index (χ0n) is 12.9. The summed E-state index contributed by atoms with van der Waals surface area (Å²) in [7, 11) is 0. The van der Waals surface area contributed by atoms with Crippen LogP contribution in [0.15, 0.2) is 36.5 Å². The van der Waals surface area contributed by atoms with E-state index in [4.69, 9.17) is 0 Å². The Morgan fingerprint density at radius 1 is 1.18 bits per heavy atom. The first-order valence-corrected chi connectivity index (χ1v) is 8.38. The van der Waals surface area contributed by atoms with E-state index in [0.717, 1.165) is 36.0 Å². The maximum Gasteiger partial charge on any atom is 0.268 e. The smallest absolute Gasteiger partial charge is 0.268 e. The van der Waals surface area contributed by atoms with Crippen molar-refractivity contribution in [3.05, 3.63) is 42.2 Å². The van der Waals surface area contributed by atoms with Crippen LogP contribution in [0.4, 0.5) is 0 Å². The number of nitrogens with one attached hydrogen (secondary N) is 1. The Morgan fingerprint density at radius 3 is 2.82 bits per heavy atom. The van der Waals surface area contributed by atoms with Crippen LogP contribution >= 0.6 is 0 Å². The molecule has 3 aliphatic heterocycles. The predicted molar refractivity (Wildman–Crippen MR) is 87.0 cm³/mol. The van der Waals surface area contributed by atoms with Gasteiger partial charge in [0.1, 0.15) is 5.69 Å². The maximum atomic E-state index is 12.4. The zero-order valence-corrected chi connectivity index (χ0v) is 12.9. The molecule has 2 aromatic rings. The van der Waals surface area contributed by atoms with Crippen molar-refractivity contribution in [1.82, 2.24) is 14.6 Å². The van der Waals surface area contributed by atoms with Crippen LogP contribution in [0, 0.1) is 11.8 Å². The summed E-state index contributed by atoms with van der Waals surface area (Å²) in [5.74, 6) is 1.69. The lowest BCUT2D eigenvalue weighted by molar-refractivity contribution is 0.0465. The van der Waals surface area contributed by atoms with E-state index in [-0.39, 0.29) is 5.91 Å². The van der Waals surface area contributed by atoms with E-state index in [1.165, 1.54) is 32.5 Å². The molecule has 0 aliphatic carbocycles. The molecule has 2 bridgehead atoms. The van der Waals surface area contributed by atoms with Crippen molar-refractivity contribution in [2.24, 2.45) is 11.8 Å². The molecular formula is C18H23N3O. The van der Waals surface area contributed by atoms with E-state index >= 15 is 0 Å². The lowest BCUT2D eigenvalue weighted by Crippen LogP contribution is -2.48. The van der Waals surface area contributed by atoms with Gasteiger partial charge < -0.3 is 14.6 Å². The summed E-state index contributed by atoms with van der Waals surface area (Å²) in [6.07, 6.45) is 5.75. The first-order chi connectivity index (χ1) is 10.8. The largest absolute Gasteiger partial charge is 0.351 e. The number of hydrogen-bond donors (Lipinski definition) is 1. The van der Waals surface area contributed by atoms with Crippen molar-refractivity contribution in [2.75, 3.05) is 26.2 Å². The quantitative estimate of drug-likeness (QED) is 0.941. The number of amides is 1. The maximum absolute atomic E-state index is 12.4. The minimum atomic E-state index is 0.0347. The molecule has 0 radical (unpaired) electrons. The fraction of sp³-hybridized carbons (Fsp3) is 0.500. The highest BCUT2D eigenvalue weighted by Gasteiger charge is 2.33. The molecule has 5 rings (SSSR count). The van der Waals surface area contributed by atoms with Crippen molar-refractivity contribution in [3.8, 4) is 0 Å². The number of aromatic nitrogens is 1. The number of nitrogens with zero attached hydrogens (tertiary/aromatic N) is 2. The van der Waals surface area contributed by atoms with Gasteiger partial charge in [-0.25, -0.2) is 0 Å². The van der Waals surface area contributed by atoms with Crippen molar-refractivity contribution in [1.29, 1.82) is 0 Å². The Kier molecular flexibility index (Phi) is 3.62. The van der Waals surface area contributed by atoms with Gasteiger partial charge in [0, 0.05) is 24.8 Å². The average molecular weight is 297 g/mol. The molecule has 1 N–H and O–H groups in total. The van der Waals surface area contributed by atoms with Crippen LogP contribution in [0.5, 0.6) is 0 Å². The highest BCUT2D eigenvalue weighted by molar-refractivity contribution is 5.93. The van der Waals surface area contributed by atoms with E-state index in [1.807, 2.05) is 40.9 Å². The van der Waals surface area contributed by atoms with Crippen molar-refractivity contribution in [3.63, 3.8) is 0 Å². The van der Waals surface area contributed by atoms with Crippen LogP contribution in [-0.2, 0) is 0 Å². The SMILES string of the molecule is O=C(NCCC1CN2CCC1CC2)c1ccc2ccccn12. The molecular weight excluding hydrogens is 274 g/mol. The van der Waals surface area contributed by atoms with Crippen LogP contribution in [0.3, 0.4) is 0 Å². The number of rotatable bonds is 4. The Hall–Kier alpha value is -1.81. The van der Waals surface area contributed by atoms with Crippen molar-refractivity contribution >= 4 is 11.4 Å². The van der Waals surface area contributed by atoms with Crippen LogP contribution in [0.2, 0.25) is 0 Å². The van der Waals surface area contributed by atoms with E-state index in [0.29, 0.717) is 0 Å². The summed E-state index contributed by atoms with van der Waals surface area (Å²) in [6.45, 7) is 4.58. The van der Waals surface area contributed by atoms with E-state index in [2.05, 4.69) is 10.2 Å². The molecule has 1 amide bonds. The number of pyridine rings is 1. The van der Waals surface area contributed by atoms with Crippen LogP contribution < -0.4 is 5.32 Å². The molecule has 0 spiro atoms. The number of piperidine rings is 3. The van der Waals surface area contributed by atoms with E-state index in [9.17, 15) is 4.79 Å². The second kappa shape index (κ2) is 5.76. The number of hydrogen-bond acceptors (Lipinski definition) is 2. The van der Waals surface area contributed by atoms with Gasteiger partial charge in [0.2, 0.25) is 0 Å². The second-order valence-corrected chi connectivity index (χ2v) is 6.66. The van der Waals surface area contributed by atoms with Gasteiger partial charge in [-0.15, -0.1) is 0 Å². The standard InChI is InChI=1S/C18H23N3O/c22-18(17-5-4-16-3-1-2-10-21(16)17)19-9-6-15-13-20-11-7-14(15)8-12-20/h1-5,10,14-15H,6-9,11-13H2,(H,19,22). The van der Waals surface area contributed by atoms with Crippen molar-refractivity contribution < 1.29 is 4.79 Å². The second-order valence-electron chi connectivity index (χ2n) is 6.66. The lowest BCUT2D eigenvalue weighted by atomic mass is 9.77. The summed E-state index contributed by atoms with van der Waals surface area (Å²) in [5, 5.41) is 3.11. The molecule has 2 aromatic heterocycles. The molecule has 3 aliphatic rings. The predicted octanol–water partition coefficient (Wildman–Crippen LogP) is 2.40. The summed E-state index contributed by atoms with van der Waals surface area (Å²) >= 11 is 0. The Balaban J connectivity index is 1.35. The van der Waals surface area contributed by atoms with E-state index in [1.54, 1.807) is 0 Å². The normalized spacial score (nSPS) is 27.2.